The molecule has 4 nitrogen and oxygen atoms in total. The molecule has 0 amide bonds. The molecular formula is C14H15F2N3O. The van der Waals surface area contributed by atoms with Crippen LogP contribution in [0, 0.1) is 17.6 Å². The van der Waals surface area contributed by atoms with Gasteiger partial charge in [-0.1, -0.05) is 5.16 Å². The Balaban J connectivity index is 1.66. The molecule has 2 bridgehead atoms. The van der Waals surface area contributed by atoms with E-state index >= 15 is 0 Å². The maximum Gasteiger partial charge on any atom is 0.204 e. The summed E-state index contributed by atoms with van der Waals surface area (Å²) in [7, 11) is 0. The Labute approximate surface area is 114 Å². The van der Waals surface area contributed by atoms with Crippen LogP contribution in [0.4, 0.5) is 14.6 Å². The van der Waals surface area contributed by atoms with Crippen molar-refractivity contribution < 1.29 is 13.3 Å². The van der Waals surface area contributed by atoms with Gasteiger partial charge in [0.05, 0.1) is 5.39 Å². The van der Waals surface area contributed by atoms with E-state index in [0.717, 1.165) is 38.5 Å². The molecule has 2 aromatic rings. The third-order valence-corrected chi connectivity index (χ3v) is 4.47. The lowest BCUT2D eigenvalue weighted by Gasteiger charge is -2.44. The Hall–Kier alpha value is -1.69. The molecule has 1 N–H and O–H groups in total. The van der Waals surface area contributed by atoms with Gasteiger partial charge in [-0.3, -0.25) is 0 Å². The van der Waals surface area contributed by atoms with Crippen LogP contribution in [0.2, 0.25) is 0 Å². The summed E-state index contributed by atoms with van der Waals surface area (Å²) in [5, 5.41) is 7.55. The van der Waals surface area contributed by atoms with Crippen LogP contribution in [0.1, 0.15) is 12.8 Å². The number of anilines is 1. The maximum atomic E-state index is 13.6. The summed E-state index contributed by atoms with van der Waals surface area (Å²) in [6.45, 7) is 3.24. The first kappa shape index (κ1) is 12.1. The summed E-state index contributed by atoms with van der Waals surface area (Å²) in [6, 6.07) is 2.35. The second-order valence-corrected chi connectivity index (χ2v) is 5.68. The SMILES string of the molecule is Fc1cc(F)c2onc(NC3CN4CCC3CC4)c2c1. The molecule has 0 spiro atoms. The largest absolute Gasteiger partial charge is 0.362 e. The lowest BCUT2D eigenvalue weighted by Crippen LogP contribution is -2.53. The normalized spacial score (nSPS) is 29.0. The van der Waals surface area contributed by atoms with E-state index in [1.807, 2.05) is 0 Å². The summed E-state index contributed by atoms with van der Waals surface area (Å²) < 4.78 is 31.9. The highest BCUT2D eigenvalue weighted by molar-refractivity contribution is 5.88. The van der Waals surface area contributed by atoms with Crippen molar-refractivity contribution >= 4 is 16.8 Å². The van der Waals surface area contributed by atoms with E-state index in [1.54, 1.807) is 0 Å². The van der Waals surface area contributed by atoms with Crippen molar-refractivity contribution in [1.82, 2.24) is 10.1 Å². The number of piperidine rings is 3. The Morgan fingerprint density at radius 3 is 2.75 bits per heavy atom. The molecule has 1 unspecified atom stereocenters. The molecule has 3 aliphatic heterocycles. The Bertz CT molecular complexity index is 649. The van der Waals surface area contributed by atoms with Gasteiger partial charge >= 0.3 is 0 Å². The molecule has 0 aliphatic carbocycles. The number of aromatic nitrogens is 1. The lowest BCUT2D eigenvalue weighted by atomic mass is 9.84. The molecule has 3 saturated heterocycles. The van der Waals surface area contributed by atoms with Gasteiger partial charge in [0.25, 0.3) is 0 Å². The molecule has 1 aromatic heterocycles. The van der Waals surface area contributed by atoms with E-state index in [0.29, 0.717) is 17.1 Å². The predicted molar refractivity (Wildman–Crippen MR) is 70.5 cm³/mol. The smallest absolute Gasteiger partial charge is 0.204 e. The van der Waals surface area contributed by atoms with Gasteiger partial charge in [0.2, 0.25) is 5.58 Å². The summed E-state index contributed by atoms with van der Waals surface area (Å²) in [6.07, 6.45) is 2.33. The van der Waals surface area contributed by atoms with Gasteiger partial charge in [0.1, 0.15) is 5.82 Å². The number of nitrogens with zero attached hydrogens (tertiary/aromatic N) is 2. The average molecular weight is 279 g/mol. The van der Waals surface area contributed by atoms with Crippen LogP contribution in [0.25, 0.3) is 11.0 Å². The van der Waals surface area contributed by atoms with Crippen molar-refractivity contribution in [2.24, 2.45) is 5.92 Å². The molecule has 106 valence electrons. The molecule has 1 aromatic carbocycles. The van der Waals surface area contributed by atoms with Crippen molar-refractivity contribution in [2.75, 3.05) is 25.0 Å². The zero-order valence-electron chi connectivity index (χ0n) is 10.9. The summed E-state index contributed by atoms with van der Waals surface area (Å²) >= 11 is 0. The minimum Gasteiger partial charge on any atom is -0.362 e. The van der Waals surface area contributed by atoms with Gasteiger partial charge in [0, 0.05) is 18.7 Å². The average Bonchev–Trinajstić information content (AvgIpc) is 2.84. The number of benzene rings is 1. The van der Waals surface area contributed by atoms with Crippen molar-refractivity contribution in [3.63, 3.8) is 0 Å². The fourth-order valence-electron chi connectivity index (χ4n) is 3.38. The van der Waals surface area contributed by atoms with Crippen LogP contribution in [0.5, 0.6) is 0 Å². The van der Waals surface area contributed by atoms with Crippen molar-refractivity contribution in [3.8, 4) is 0 Å². The molecule has 4 heterocycles. The number of hydrogen-bond donors (Lipinski definition) is 1. The standard InChI is InChI=1S/C14H15F2N3O/c15-9-5-10-13(11(16)6-9)20-18-14(10)17-12-7-19-3-1-8(12)2-4-19/h5-6,8,12H,1-4,7H2,(H,17,18). The Kier molecular flexibility index (Phi) is 2.66. The highest BCUT2D eigenvalue weighted by Gasteiger charge is 2.34. The van der Waals surface area contributed by atoms with E-state index in [9.17, 15) is 8.78 Å². The van der Waals surface area contributed by atoms with Crippen LogP contribution in [-0.2, 0) is 0 Å². The fourth-order valence-corrected chi connectivity index (χ4v) is 3.38. The molecule has 0 saturated carbocycles. The van der Waals surface area contributed by atoms with Gasteiger partial charge in [-0.05, 0) is 37.9 Å². The number of halogens is 2. The van der Waals surface area contributed by atoms with E-state index in [-0.39, 0.29) is 11.6 Å². The van der Waals surface area contributed by atoms with Crippen molar-refractivity contribution in [2.45, 2.75) is 18.9 Å². The van der Waals surface area contributed by atoms with Crippen LogP contribution in [0.3, 0.4) is 0 Å². The summed E-state index contributed by atoms with van der Waals surface area (Å²) in [5.41, 5.74) is 0.00942. The van der Waals surface area contributed by atoms with E-state index in [1.165, 1.54) is 6.07 Å². The predicted octanol–water partition coefficient (Wildman–Crippen LogP) is 2.61. The number of nitrogens with one attached hydrogen (secondary N) is 1. The monoisotopic (exact) mass is 279 g/mol. The quantitative estimate of drug-likeness (QED) is 0.917. The van der Waals surface area contributed by atoms with E-state index in [4.69, 9.17) is 4.52 Å². The molecule has 20 heavy (non-hydrogen) atoms. The first-order chi connectivity index (χ1) is 9.70. The molecule has 1 atom stereocenters. The molecule has 0 radical (unpaired) electrons. The van der Waals surface area contributed by atoms with Crippen LogP contribution in [0.15, 0.2) is 16.7 Å². The molecular weight excluding hydrogens is 264 g/mol. The molecule has 5 rings (SSSR count). The van der Waals surface area contributed by atoms with Gasteiger partial charge in [-0.15, -0.1) is 0 Å². The number of fused-ring (bicyclic) bond motifs is 4. The van der Waals surface area contributed by atoms with Gasteiger partial charge in [-0.25, -0.2) is 8.78 Å². The molecule has 6 heteroatoms. The first-order valence-corrected chi connectivity index (χ1v) is 6.94. The van der Waals surface area contributed by atoms with Crippen LogP contribution >= 0.6 is 0 Å². The summed E-state index contributed by atoms with van der Waals surface area (Å²) in [5.74, 6) is -0.285. The van der Waals surface area contributed by atoms with E-state index < -0.39 is 11.6 Å². The molecule has 3 aliphatic rings. The van der Waals surface area contributed by atoms with Crippen LogP contribution in [-0.4, -0.2) is 35.7 Å². The second kappa shape index (κ2) is 4.41. The zero-order valence-corrected chi connectivity index (χ0v) is 10.9. The fraction of sp³-hybridized carbons (Fsp3) is 0.500. The minimum absolute atomic E-state index is 0.00942. The number of rotatable bonds is 2. The van der Waals surface area contributed by atoms with Crippen LogP contribution < -0.4 is 5.32 Å². The van der Waals surface area contributed by atoms with Gasteiger partial charge in [-0.2, -0.15) is 0 Å². The van der Waals surface area contributed by atoms with Gasteiger partial charge < -0.3 is 14.7 Å². The minimum atomic E-state index is -0.713. The van der Waals surface area contributed by atoms with Crippen molar-refractivity contribution in [1.29, 1.82) is 0 Å². The van der Waals surface area contributed by atoms with Crippen molar-refractivity contribution in [3.05, 3.63) is 23.8 Å². The second-order valence-electron chi connectivity index (χ2n) is 5.68. The zero-order chi connectivity index (χ0) is 13.7. The molecule has 3 fully saturated rings. The first-order valence-electron chi connectivity index (χ1n) is 6.94. The van der Waals surface area contributed by atoms with E-state index in [2.05, 4.69) is 15.4 Å². The lowest BCUT2D eigenvalue weighted by molar-refractivity contribution is 0.0973. The summed E-state index contributed by atoms with van der Waals surface area (Å²) in [4.78, 5) is 2.40. The third kappa shape index (κ3) is 1.86. The Morgan fingerprint density at radius 1 is 1.25 bits per heavy atom. The third-order valence-electron chi connectivity index (χ3n) is 4.47. The topological polar surface area (TPSA) is 41.3 Å². The van der Waals surface area contributed by atoms with Gasteiger partial charge in [0.15, 0.2) is 11.6 Å². The highest BCUT2D eigenvalue weighted by atomic mass is 19.1. The maximum absolute atomic E-state index is 13.6. The number of hydrogen-bond acceptors (Lipinski definition) is 4. The highest BCUT2D eigenvalue weighted by Crippen LogP contribution is 2.32. The Morgan fingerprint density at radius 2 is 2.05 bits per heavy atom.